The van der Waals surface area contributed by atoms with Crippen molar-refractivity contribution in [2.45, 2.75) is 45.7 Å². The maximum Gasteiger partial charge on any atom is 0.326 e. The van der Waals surface area contributed by atoms with Crippen LogP contribution in [0.1, 0.15) is 49.3 Å². The van der Waals surface area contributed by atoms with Crippen LogP contribution in [0.4, 0.5) is 0 Å². The number of aromatic nitrogens is 2. The highest BCUT2D eigenvalue weighted by Gasteiger charge is 2.23. The van der Waals surface area contributed by atoms with E-state index < -0.39 is 17.9 Å². The van der Waals surface area contributed by atoms with Crippen molar-refractivity contribution < 1.29 is 19.8 Å². The Bertz CT molecular complexity index is 482. The predicted octanol–water partition coefficient (Wildman–Crippen LogP) is 0.592. The number of nitrogens with one attached hydrogen (secondary N) is 1. The zero-order chi connectivity index (χ0) is 15.3. The van der Waals surface area contributed by atoms with Crippen molar-refractivity contribution in [2.75, 3.05) is 6.61 Å². The number of rotatable bonds is 7. The number of aliphatic hydroxyl groups is 1. The second-order valence-corrected chi connectivity index (χ2v) is 4.80. The van der Waals surface area contributed by atoms with E-state index in [0.717, 1.165) is 5.69 Å². The molecule has 0 saturated heterocycles. The zero-order valence-electron chi connectivity index (χ0n) is 12.0. The Morgan fingerprint density at radius 3 is 2.55 bits per heavy atom. The number of hydrogen-bond acceptors (Lipinski definition) is 4. The molecular formula is C13H21N3O4. The van der Waals surface area contributed by atoms with Gasteiger partial charge in [0.15, 0.2) is 0 Å². The van der Waals surface area contributed by atoms with Gasteiger partial charge in [-0.05, 0) is 18.9 Å². The van der Waals surface area contributed by atoms with E-state index in [1.54, 1.807) is 10.7 Å². The number of nitrogens with zero attached hydrogens (tertiary/aromatic N) is 2. The van der Waals surface area contributed by atoms with Gasteiger partial charge in [-0.3, -0.25) is 9.48 Å². The molecule has 20 heavy (non-hydrogen) atoms. The Morgan fingerprint density at radius 2 is 2.10 bits per heavy atom. The molecule has 0 aromatic carbocycles. The lowest BCUT2D eigenvalue weighted by atomic mass is 10.1. The molecule has 7 heteroatoms. The lowest BCUT2D eigenvalue weighted by Gasteiger charge is -2.13. The van der Waals surface area contributed by atoms with Crippen LogP contribution >= 0.6 is 0 Å². The summed E-state index contributed by atoms with van der Waals surface area (Å²) in [5.74, 6) is -1.48. The van der Waals surface area contributed by atoms with Gasteiger partial charge in [0.2, 0.25) is 0 Å². The number of carboxylic acids is 1. The third-order valence-corrected chi connectivity index (χ3v) is 2.94. The van der Waals surface area contributed by atoms with Gasteiger partial charge in [-0.1, -0.05) is 13.8 Å². The van der Waals surface area contributed by atoms with Crippen LogP contribution in [-0.4, -0.2) is 44.5 Å². The van der Waals surface area contributed by atoms with Crippen LogP contribution in [0.2, 0.25) is 0 Å². The monoisotopic (exact) mass is 283 g/mol. The number of aliphatic hydroxyl groups excluding tert-OH is 1. The average Bonchev–Trinajstić information content (AvgIpc) is 2.82. The van der Waals surface area contributed by atoms with Crippen molar-refractivity contribution >= 4 is 11.9 Å². The van der Waals surface area contributed by atoms with Gasteiger partial charge in [0, 0.05) is 19.6 Å². The number of hydrogen-bond donors (Lipinski definition) is 3. The molecule has 1 amide bonds. The van der Waals surface area contributed by atoms with Gasteiger partial charge in [-0.25, -0.2) is 4.79 Å². The number of amides is 1. The first kappa shape index (κ1) is 16.2. The zero-order valence-corrected chi connectivity index (χ0v) is 12.0. The molecular weight excluding hydrogens is 262 g/mol. The largest absolute Gasteiger partial charge is 0.480 e. The highest BCUT2D eigenvalue weighted by molar-refractivity contribution is 5.95. The Balaban J connectivity index is 2.93. The summed E-state index contributed by atoms with van der Waals surface area (Å²) in [6.07, 6.45) is -0.0294. The van der Waals surface area contributed by atoms with Crippen LogP contribution < -0.4 is 5.32 Å². The summed E-state index contributed by atoms with van der Waals surface area (Å²) < 4.78 is 1.54. The molecule has 0 aliphatic rings. The molecule has 1 aromatic heterocycles. The second kappa shape index (κ2) is 7.04. The van der Waals surface area contributed by atoms with Crippen LogP contribution in [0.5, 0.6) is 0 Å². The van der Waals surface area contributed by atoms with Gasteiger partial charge in [0.25, 0.3) is 5.91 Å². The SMILES string of the molecule is CCn1nc(C(C)C)cc1C(=O)N[C@@H](CCO)C(=O)O. The molecule has 0 fully saturated rings. The van der Waals surface area contributed by atoms with Crippen LogP contribution in [0.3, 0.4) is 0 Å². The van der Waals surface area contributed by atoms with E-state index in [2.05, 4.69) is 10.4 Å². The number of aryl methyl sites for hydroxylation is 1. The van der Waals surface area contributed by atoms with Crippen LogP contribution in [0.15, 0.2) is 6.07 Å². The van der Waals surface area contributed by atoms with Gasteiger partial charge < -0.3 is 15.5 Å². The minimum atomic E-state index is -1.17. The summed E-state index contributed by atoms with van der Waals surface area (Å²) in [5, 5.41) is 24.5. The molecule has 0 bridgehead atoms. The summed E-state index contributed by atoms with van der Waals surface area (Å²) in [6, 6.07) is 0.566. The summed E-state index contributed by atoms with van der Waals surface area (Å²) in [6.45, 7) is 6.01. The van der Waals surface area contributed by atoms with E-state index in [-0.39, 0.29) is 18.9 Å². The Morgan fingerprint density at radius 1 is 1.45 bits per heavy atom. The summed E-state index contributed by atoms with van der Waals surface area (Å²) in [7, 11) is 0. The molecule has 0 aliphatic carbocycles. The number of carbonyl (C=O) groups is 2. The lowest BCUT2D eigenvalue weighted by molar-refractivity contribution is -0.139. The van der Waals surface area contributed by atoms with Crippen molar-refractivity contribution in [1.82, 2.24) is 15.1 Å². The van der Waals surface area contributed by atoms with Crippen molar-refractivity contribution in [3.8, 4) is 0 Å². The first-order valence-electron chi connectivity index (χ1n) is 6.62. The maximum atomic E-state index is 12.1. The maximum absolute atomic E-state index is 12.1. The summed E-state index contributed by atoms with van der Waals surface area (Å²) in [4.78, 5) is 23.1. The number of carboxylic acid groups (broad SMARTS) is 1. The van der Waals surface area contributed by atoms with E-state index in [4.69, 9.17) is 10.2 Å². The normalized spacial score (nSPS) is 12.4. The Labute approximate surface area is 117 Å². The van der Waals surface area contributed by atoms with Crippen LogP contribution in [0, 0.1) is 0 Å². The van der Waals surface area contributed by atoms with E-state index in [0.29, 0.717) is 12.2 Å². The van der Waals surface area contributed by atoms with Gasteiger partial charge in [0.1, 0.15) is 11.7 Å². The van der Waals surface area contributed by atoms with E-state index >= 15 is 0 Å². The molecule has 112 valence electrons. The van der Waals surface area contributed by atoms with Crippen molar-refractivity contribution in [1.29, 1.82) is 0 Å². The van der Waals surface area contributed by atoms with Crippen LogP contribution in [0.25, 0.3) is 0 Å². The fourth-order valence-corrected chi connectivity index (χ4v) is 1.76. The fourth-order valence-electron chi connectivity index (χ4n) is 1.76. The average molecular weight is 283 g/mol. The molecule has 1 atom stereocenters. The lowest BCUT2D eigenvalue weighted by Crippen LogP contribution is -2.42. The first-order chi connectivity index (χ1) is 9.40. The van der Waals surface area contributed by atoms with E-state index in [1.165, 1.54) is 0 Å². The first-order valence-corrected chi connectivity index (χ1v) is 6.62. The van der Waals surface area contributed by atoms with Crippen molar-refractivity contribution in [3.63, 3.8) is 0 Å². The highest BCUT2D eigenvalue weighted by atomic mass is 16.4. The minimum absolute atomic E-state index is 0.0294. The quantitative estimate of drug-likeness (QED) is 0.679. The molecule has 1 aromatic rings. The highest BCUT2D eigenvalue weighted by Crippen LogP contribution is 2.14. The van der Waals surface area contributed by atoms with E-state index in [1.807, 2.05) is 20.8 Å². The molecule has 0 radical (unpaired) electrons. The molecule has 0 saturated carbocycles. The summed E-state index contributed by atoms with van der Waals surface area (Å²) >= 11 is 0. The predicted molar refractivity (Wildman–Crippen MR) is 72.6 cm³/mol. The fraction of sp³-hybridized carbons (Fsp3) is 0.615. The van der Waals surface area contributed by atoms with Crippen LogP contribution in [-0.2, 0) is 11.3 Å². The summed E-state index contributed by atoms with van der Waals surface area (Å²) in [5.41, 5.74) is 1.12. The Kier molecular flexibility index (Phi) is 5.69. The molecule has 0 unspecified atom stereocenters. The molecule has 1 heterocycles. The molecule has 7 nitrogen and oxygen atoms in total. The number of carbonyl (C=O) groups excluding carboxylic acids is 1. The molecule has 1 rings (SSSR count). The number of aliphatic carboxylic acids is 1. The van der Waals surface area contributed by atoms with Crippen molar-refractivity contribution in [2.24, 2.45) is 0 Å². The molecule has 3 N–H and O–H groups in total. The molecule has 0 spiro atoms. The third-order valence-electron chi connectivity index (χ3n) is 2.94. The topological polar surface area (TPSA) is 104 Å². The van der Waals surface area contributed by atoms with Gasteiger partial charge in [-0.15, -0.1) is 0 Å². The van der Waals surface area contributed by atoms with Crippen molar-refractivity contribution in [3.05, 3.63) is 17.5 Å². The smallest absolute Gasteiger partial charge is 0.326 e. The third kappa shape index (κ3) is 3.80. The minimum Gasteiger partial charge on any atom is -0.480 e. The van der Waals surface area contributed by atoms with Gasteiger partial charge in [-0.2, -0.15) is 5.10 Å². The van der Waals surface area contributed by atoms with Gasteiger partial charge >= 0.3 is 5.97 Å². The second-order valence-electron chi connectivity index (χ2n) is 4.80. The Hall–Kier alpha value is -1.89. The molecule has 0 aliphatic heterocycles. The van der Waals surface area contributed by atoms with E-state index in [9.17, 15) is 9.59 Å². The standard InChI is InChI=1S/C13H21N3O4/c1-4-16-11(7-10(15-16)8(2)3)12(18)14-9(5-6-17)13(19)20/h7-9,17H,4-6H2,1-3H3,(H,14,18)(H,19,20)/t9-/m0/s1. The van der Waals surface area contributed by atoms with Gasteiger partial charge in [0.05, 0.1) is 5.69 Å².